The third-order valence-corrected chi connectivity index (χ3v) is 10.5. The van der Waals surface area contributed by atoms with Gasteiger partial charge >= 0.3 is 18.2 Å². The van der Waals surface area contributed by atoms with Crippen molar-refractivity contribution in [3.05, 3.63) is 90.0 Å². The molecule has 0 radical (unpaired) electrons. The lowest BCUT2D eigenvalue weighted by atomic mass is 9.99. The predicted molar refractivity (Wildman–Crippen MR) is 188 cm³/mol. The van der Waals surface area contributed by atoms with Crippen LogP contribution in [0.4, 0.5) is 33.7 Å². The maximum Gasteiger partial charge on any atom is 0.493 e. The van der Waals surface area contributed by atoms with Crippen molar-refractivity contribution in [1.29, 1.82) is 0 Å². The Bertz CT molecular complexity index is 2150. The topological polar surface area (TPSA) is 162 Å². The van der Waals surface area contributed by atoms with Gasteiger partial charge in [0.1, 0.15) is 11.6 Å². The number of nitrogens with zero attached hydrogens (tertiary/aromatic N) is 4. The zero-order valence-electron chi connectivity index (χ0n) is 29.4. The fourth-order valence-electron chi connectivity index (χ4n) is 6.15. The smallest absolute Gasteiger partial charge is 0.493 e. The van der Waals surface area contributed by atoms with E-state index in [1.165, 1.54) is 30.9 Å². The van der Waals surface area contributed by atoms with Gasteiger partial charge in [0.2, 0.25) is 0 Å². The van der Waals surface area contributed by atoms with Crippen molar-refractivity contribution in [3.63, 3.8) is 0 Å². The van der Waals surface area contributed by atoms with Gasteiger partial charge in [-0.25, -0.2) is 28.2 Å². The number of ether oxygens (including phenoxy) is 2. The number of carbonyl (C=O) groups excluding carboxylic acids is 3. The zero-order valence-corrected chi connectivity index (χ0v) is 30.2. The van der Waals surface area contributed by atoms with Crippen LogP contribution in [0.3, 0.4) is 0 Å². The van der Waals surface area contributed by atoms with E-state index in [-0.39, 0.29) is 53.0 Å². The second-order valence-electron chi connectivity index (χ2n) is 12.0. The van der Waals surface area contributed by atoms with Crippen LogP contribution in [-0.4, -0.2) is 68.0 Å². The first-order valence-electron chi connectivity index (χ1n) is 16.8. The van der Waals surface area contributed by atoms with Crippen LogP contribution in [0.1, 0.15) is 56.8 Å². The van der Waals surface area contributed by atoms with Crippen LogP contribution in [0, 0.1) is 5.82 Å². The minimum atomic E-state index is -5.51. The van der Waals surface area contributed by atoms with Gasteiger partial charge in [-0.2, -0.15) is 13.2 Å². The molecule has 0 aliphatic carbocycles. The number of halogens is 4. The third kappa shape index (κ3) is 8.33. The minimum Gasteiger partial charge on any atom is -0.494 e. The number of rotatable bonds is 11. The number of nitrogens with two attached hydrogens (primary N) is 1. The highest BCUT2D eigenvalue weighted by Gasteiger charge is 2.45. The lowest BCUT2D eigenvalue weighted by Crippen LogP contribution is -2.46. The molecule has 1 fully saturated rings. The van der Waals surface area contributed by atoms with Crippen LogP contribution < -0.4 is 20.7 Å². The van der Waals surface area contributed by atoms with E-state index in [2.05, 4.69) is 9.82 Å². The van der Waals surface area contributed by atoms with E-state index in [1.54, 1.807) is 43.6 Å². The third-order valence-electron chi connectivity index (χ3n) is 8.68. The molecule has 1 aliphatic rings. The molecular formula is C36H37F4N5O8S. The highest BCUT2D eigenvalue weighted by Crippen LogP contribution is 2.41. The number of carbonyl (C=O) groups is 3. The van der Waals surface area contributed by atoms with E-state index in [1.807, 2.05) is 0 Å². The maximum atomic E-state index is 15.8. The highest BCUT2D eigenvalue weighted by atomic mass is 32.2. The van der Waals surface area contributed by atoms with E-state index in [9.17, 15) is 36.0 Å². The van der Waals surface area contributed by atoms with E-state index in [4.69, 9.17) is 15.3 Å². The van der Waals surface area contributed by atoms with Crippen molar-refractivity contribution < 1.29 is 54.7 Å². The maximum absolute atomic E-state index is 15.8. The quantitative estimate of drug-likeness (QED) is 0.103. The van der Waals surface area contributed by atoms with Crippen molar-refractivity contribution in [3.8, 4) is 5.75 Å². The molecule has 5 rings (SSSR count). The van der Waals surface area contributed by atoms with E-state index in [0.717, 1.165) is 40.0 Å². The first-order valence-corrected chi connectivity index (χ1v) is 18.5. The number of hydrazine groups is 1. The minimum absolute atomic E-state index is 0.0322. The summed E-state index contributed by atoms with van der Waals surface area (Å²) in [7, 11) is -4.08. The fraction of sp³-hybridized carbons (Fsp3) is 0.333. The number of amides is 2. The van der Waals surface area contributed by atoms with Crippen molar-refractivity contribution in [2.45, 2.75) is 56.8 Å². The Kier molecular flexibility index (Phi) is 12.0. The summed E-state index contributed by atoms with van der Waals surface area (Å²) in [6.07, 6.45) is -3.34. The lowest BCUT2D eigenvalue weighted by Gasteiger charge is -2.35. The summed E-state index contributed by atoms with van der Waals surface area (Å²) in [5.41, 5.74) is -0.427. The molecule has 288 valence electrons. The molecule has 3 aromatic carbocycles. The number of hydroxylamine groups is 1. The number of hydrogen-bond donors (Lipinski definition) is 1. The highest BCUT2D eigenvalue weighted by molar-refractivity contribution is 7.91. The molecule has 2 N–H and O–H groups in total. The molecule has 4 aromatic rings. The summed E-state index contributed by atoms with van der Waals surface area (Å²) < 4.78 is 92.9. The molecule has 1 aromatic heterocycles. The number of sulfone groups is 1. The molecular weight excluding hydrogens is 738 g/mol. The Morgan fingerprint density at radius 3 is 2.41 bits per heavy atom. The molecule has 2 heterocycles. The van der Waals surface area contributed by atoms with E-state index >= 15 is 4.39 Å². The summed E-state index contributed by atoms with van der Waals surface area (Å²) in [4.78, 5) is 49.1. The monoisotopic (exact) mass is 775 g/mol. The van der Waals surface area contributed by atoms with Crippen LogP contribution in [0.2, 0.25) is 0 Å². The molecule has 13 nitrogen and oxygen atoms in total. The molecule has 2 atom stereocenters. The molecule has 0 spiro atoms. The first kappa shape index (κ1) is 39.7. The van der Waals surface area contributed by atoms with Crippen LogP contribution in [-0.2, 0) is 29.0 Å². The molecule has 1 unspecified atom stereocenters. The van der Waals surface area contributed by atoms with Gasteiger partial charge in [0.15, 0.2) is 15.9 Å². The van der Waals surface area contributed by atoms with E-state index < -0.39 is 63.3 Å². The Balaban J connectivity index is 1.65. The number of fused-ring (bicyclic) bond motifs is 1. The number of benzene rings is 3. The van der Waals surface area contributed by atoms with E-state index in [0.29, 0.717) is 12.1 Å². The fourth-order valence-corrected chi connectivity index (χ4v) is 7.29. The molecule has 1 saturated heterocycles. The second kappa shape index (κ2) is 16.3. The molecule has 18 heteroatoms. The number of hydrogen-bond acceptors (Lipinski definition) is 11. The van der Waals surface area contributed by atoms with Crippen molar-refractivity contribution in [2.75, 3.05) is 35.6 Å². The first-order chi connectivity index (χ1) is 25.6. The summed E-state index contributed by atoms with van der Waals surface area (Å²) >= 11 is 0. The molecule has 2 amide bonds. The Morgan fingerprint density at radius 2 is 1.72 bits per heavy atom. The van der Waals surface area contributed by atoms with Gasteiger partial charge in [0.25, 0.3) is 5.91 Å². The van der Waals surface area contributed by atoms with Gasteiger partial charge in [-0.3, -0.25) is 14.8 Å². The van der Waals surface area contributed by atoms with Crippen LogP contribution in [0.15, 0.2) is 78.0 Å². The number of likely N-dealkylation sites (tertiary alicyclic amines) is 1. The summed E-state index contributed by atoms with van der Waals surface area (Å²) in [6, 6.07) is 11.0. The number of pyridine rings is 1. The van der Waals surface area contributed by atoms with Gasteiger partial charge in [-0.1, -0.05) is 13.0 Å². The van der Waals surface area contributed by atoms with Gasteiger partial charge in [-0.15, -0.1) is 5.06 Å². The number of alkyl halides is 3. The Labute approximate surface area is 308 Å². The second-order valence-corrected chi connectivity index (χ2v) is 14.3. The molecule has 54 heavy (non-hydrogen) atoms. The Morgan fingerprint density at radius 1 is 0.981 bits per heavy atom. The average Bonchev–Trinajstić information content (AvgIpc) is 3.64. The summed E-state index contributed by atoms with van der Waals surface area (Å²) in [5.74, 6) is 2.26. The zero-order chi connectivity index (χ0) is 39.4. The normalized spacial score (nSPS) is 15.1. The summed E-state index contributed by atoms with van der Waals surface area (Å²) in [6.45, 7) is 4.41. The molecule has 0 bridgehead atoms. The average molecular weight is 776 g/mol. The number of anilines is 2. The molecule has 0 saturated carbocycles. The van der Waals surface area contributed by atoms with Crippen LogP contribution in [0.5, 0.6) is 5.75 Å². The lowest BCUT2D eigenvalue weighted by molar-refractivity contribution is -0.200. The van der Waals surface area contributed by atoms with Crippen LogP contribution >= 0.6 is 0 Å². The largest absolute Gasteiger partial charge is 0.494 e. The van der Waals surface area contributed by atoms with Gasteiger partial charge < -0.3 is 19.2 Å². The van der Waals surface area contributed by atoms with Crippen molar-refractivity contribution >= 4 is 50.0 Å². The van der Waals surface area contributed by atoms with Crippen molar-refractivity contribution in [1.82, 2.24) is 9.88 Å². The SMILES string of the molecule is CCOC(=O)N(OC(=O)C(F)(F)F)c1ccc(S(=O)(=O)CC)c(C2CCCN2C(=O)[C@@H](c2cc(OCC)ccc2F)N(N)c2ccc3cnccc3c2)c1. The molecule has 1 aliphatic heterocycles. The van der Waals surface area contributed by atoms with Gasteiger partial charge in [-0.05, 0) is 92.2 Å². The Hall–Kier alpha value is -5.49. The van der Waals surface area contributed by atoms with Crippen molar-refractivity contribution in [2.24, 2.45) is 5.84 Å². The number of aromatic nitrogens is 1. The van der Waals surface area contributed by atoms with Gasteiger partial charge in [0, 0.05) is 29.9 Å². The van der Waals surface area contributed by atoms with Crippen LogP contribution in [0.25, 0.3) is 10.8 Å². The van der Waals surface area contributed by atoms with Gasteiger partial charge in [0.05, 0.1) is 41.3 Å². The summed E-state index contributed by atoms with van der Waals surface area (Å²) in [5, 5.41) is 2.53. The standard InChI is InChI=1S/C36H37F4N5O8S/c1-4-51-26-12-13-29(37)27(20-26)32(44(41)24-10-9-23-21-42-16-15-22(23)18-24)33(46)43-17-7-8-30(43)28-19-25(11-14-31(28)54(49,50)6-3)45(35(48)52-5-2)53-34(47)36(38,39)40/h9-16,18-21,30,32H,4-8,17,41H2,1-3H3/t30?,32-/m1/s1. The predicted octanol–water partition coefficient (Wildman–Crippen LogP) is 6.33.